The van der Waals surface area contributed by atoms with E-state index < -0.39 is 23.7 Å². The zero-order valence-electron chi connectivity index (χ0n) is 25.1. The fraction of sp³-hybridized carbons (Fsp3) is 0.303. The molecule has 1 saturated carbocycles. The highest BCUT2D eigenvalue weighted by Gasteiger charge is 2.47. The van der Waals surface area contributed by atoms with Gasteiger partial charge in [-0.05, 0) is 65.8 Å². The van der Waals surface area contributed by atoms with Crippen LogP contribution in [0.2, 0.25) is 5.02 Å². The number of carboxylic acids is 1. The number of halogens is 2. The molecule has 0 spiro atoms. The van der Waals surface area contributed by atoms with Gasteiger partial charge in [-0.3, -0.25) is 14.3 Å². The van der Waals surface area contributed by atoms with Crippen LogP contribution in [0.5, 0.6) is 0 Å². The second-order valence-corrected chi connectivity index (χ2v) is 12.5. The van der Waals surface area contributed by atoms with E-state index in [4.69, 9.17) is 11.6 Å². The van der Waals surface area contributed by atoms with Gasteiger partial charge in [0, 0.05) is 36.8 Å². The van der Waals surface area contributed by atoms with E-state index in [1.54, 1.807) is 34.0 Å². The summed E-state index contributed by atoms with van der Waals surface area (Å²) in [6.45, 7) is 0.855. The summed E-state index contributed by atoms with van der Waals surface area (Å²) < 4.78 is 19.2. The average molecular weight is 657 g/mol. The number of benzene rings is 2. The number of carbonyl (C=O) groups excluding carboxylic acids is 1. The average Bonchev–Trinajstić information content (AvgIpc) is 3.41. The molecule has 7 rings (SSSR count). The van der Waals surface area contributed by atoms with Gasteiger partial charge in [-0.15, -0.1) is 5.10 Å². The number of aromatic nitrogens is 7. The van der Waals surface area contributed by atoms with Crippen LogP contribution in [0.15, 0.2) is 79.5 Å². The van der Waals surface area contributed by atoms with Gasteiger partial charge in [0.1, 0.15) is 12.4 Å². The number of rotatable bonds is 9. The largest absolute Gasteiger partial charge is 0.618 e. The first-order valence-electron chi connectivity index (χ1n) is 15.3. The highest BCUT2D eigenvalue weighted by atomic mass is 35.5. The molecule has 3 atom stereocenters. The maximum Gasteiger partial charge on any atom is 0.306 e. The molecule has 14 heteroatoms. The summed E-state index contributed by atoms with van der Waals surface area (Å²) in [6, 6.07) is 15.5. The first-order valence-corrected chi connectivity index (χ1v) is 15.7. The number of aliphatic carboxylic acids is 1. The number of pyridine rings is 1. The number of nitrogens with zero attached hydrogens (tertiary/aromatic N) is 8. The summed E-state index contributed by atoms with van der Waals surface area (Å²) in [5.74, 6) is -2.13. The third kappa shape index (κ3) is 6.06. The second kappa shape index (κ2) is 12.6. The molecule has 47 heavy (non-hydrogen) atoms. The van der Waals surface area contributed by atoms with Crippen LogP contribution in [0.4, 0.5) is 4.39 Å². The van der Waals surface area contributed by atoms with Crippen LogP contribution in [0.1, 0.15) is 37.4 Å². The molecule has 1 aliphatic heterocycles. The number of piperidine rings is 1. The number of hydrogen-bond acceptors (Lipinski definition) is 7. The van der Waals surface area contributed by atoms with Gasteiger partial charge in [0.05, 0.1) is 34.0 Å². The summed E-state index contributed by atoms with van der Waals surface area (Å²) in [5.41, 5.74) is 2.89. The molecule has 0 radical (unpaired) electrons. The van der Waals surface area contributed by atoms with Gasteiger partial charge in [0.2, 0.25) is 11.6 Å². The van der Waals surface area contributed by atoms with Crippen molar-refractivity contribution in [2.24, 2.45) is 17.8 Å². The molecule has 1 amide bonds. The molecule has 2 aliphatic rings. The van der Waals surface area contributed by atoms with Crippen molar-refractivity contribution in [3.05, 3.63) is 101 Å². The van der Waals surface area contributed by atoms with Crippen LogP contribution in [0, 0.1) is 28.8 Å². The number of likely N-dealkylation sites (tertiary alicyclic amines) is 1. The molecular formula is C33H30ClFN8O4. The van der Waals surface area contributed by atoms with Crippen LogP contribution in [-0.2, 0) is 9.59 Å². The van der Waals surface area contributed by atoms with Crippen molar-refractivity contribution >= 4 is 23.5 Å². The second-order valence-electron chi connectivity index (χ2n) is 12.0. The highest BCUT2D eigenvalue weighted by Crippen LogP contribution is 2.47. The van der Waals surface area contributed by atoms with Gasteiger partial charge in [0.25, 0.3) is 0 Å². The molecule has 1 saturated heterocycles. The third-order valence-electron chi connectivity index (χ3n) is 9.19. The van der Waals surface area contributed by atoms with Crippen LogP contribution in [0.3, 0.4) is 0 Å². The summed E-state index contributed by atoms with van der Waals surface area (Å²) in [5, 5.41) is 38.8. The SMILES string of the molecule is O=C(O)C1CCN(C(=O)[C@H]2C[C@@H]2CC(c2ccc(-c3c(-n4cnnn4)ccc(Cl)c3F)c[n+]2[O-])n2cc(-c3ccccc3)cn2)CC1. The molecule has 5 aromatic rings. The van der Waals surface area contributed by atoms with Gasteiger partial charge < -0.3 is 15.2 Å². The van der Waals surface area contributed by atoms with Crippen molar-refractivity contribution in [1.82, 2.24) is 34.9 Å². The van der Waals surface area contributed by atoms with Crippen molar-refractivity contribution in [3.63, 3.8) is 0 Å². The van der Waals surface area contributed by atoms with Crippen molar-refractivity contribution in [2.75, 3.05) is 13.1 Å². The Morgan fingerprint density at radius 2 is 1.85 bits per heavy atom. The van der Waals surface area contributed by atoms with E-state index in [2.05, 4.69) is 20.6 Å². The van der Waals surface area contributed by atoms with Crippen LogP contribution < -0.4 is 4.73 Å². The predicted octanol–water partition coefficient (Wildman–Crippen LogP) is 4.56. The van der Waals surface area contributed by atoms with Crippen LogP contribution in [0.25, 0.3) is 27.9 Å². The number of amides is 1. The molecule has 4 heterocycles. The number of hydrogen-bond donors (Lipinski definition) is 1. The normalized spacial score (nSPS) is 18.6. The lowest BCUT2D eigenvalue weighted by Crippen LogP contribution is -2.41. The van der Waals surface area contributed by atoms with Gasteiger partial charge in [-0.2, -0.15) is 14.5 Å². The lowest BCUT2D eigenvalue weighted by atomic mass is 9.96. The van der Waals surface area contributed by atoms with Crippen LogP contribution in [-0.4, -0.2) is 65.0 Å². The molecule has 1 aliphatic carbocycles. The molecule has 240 valence electrons. The van der Waals surface area contributed by atoms with E-state index in [1.165, 1.54) is 23.3 Å². The van der Waals surface area contributed by atoms with Crippen molar-refractivity contribution in [3.8, 4) is 27.9 Å². The molecule has 3 aromatic heterocycles. The Kier molecular flexibility index (Phi) is 8.14. The predicted molar refractivity (Wildman–Crippen MR) is 167 cm³/mol. The number of tetrazole rings is 1. The zero-order chi connectivity index (χ0) is 32.7. The Morgan fingerprint density at radius 1 is 1.06 bits per heavy atom. The molecule has 12 nitrogen and oxygen atoms in total. The van der Waals surface area contributed by atoms with Crippen molar-refractivity contribution in [1.29, 1.82) is 0 Å². The van der Waals surface area contributed by atoms with Crippen molar-refractivity contribution < 1.29 is 23.8 Å². The smallest absolute Gasteiger partial charge is 0.306 e. The number of carbonyl (C=O) groups is 2. The van der Waals surface area contributed by atoms with E-state index >= 15 is 4.39 Å². The van der Waals surface area contributed by atoms with Gasteiger partial charge in [-0.1, -0.05) is 41.9 Å². The summed E-state index contributed by atoms with van der Waals surface area (Å²) >= 11 is 6.14. The lowest BCUT2D eigenvalue weighted by molar-refractivity contribution is -0.615. The van der Waals surface area contributed by atoms with Gasteiger partial charge in [-0.25, -0.2) is 4.39 Å². The van der Waals surface area contributed by atoms with E-state index in [9.17, 15) is 19.9 Å². The Labute approximate surface area is 273 Å². The number of carboxylic acid groups (broad SMARTS) is 1. The maximum absolute atomic E-state index is 15.5. The van der Waals surface area contributed by atoms with Crippen LogP contribution >= 0.6 is 11.6 Å². The Hall–Kier alpha value is -5.17. The van der Waals surface area contributed by atoms with E-state index in [0.717, 1.165) is 11.1 Å². The maximum atomic E-state index is 15.5. The molecule has 1 unspecified atom stereocenters. The lowest BCUT2D eigenvalue weighted by Gasteiger charge is -2.30. The fourth-order valence-corrected chi connectivity index (χ4v) is 6.66. The van der Waals surface area contributed by atoms with Gasteiger partial charge >= 0.3 is 5.97 Å². The standard InChI is InChI=1S/C33H30ClFN8O4/c34-26-7-9-28(42-19-36-38-39-42)30(31(26)35)22-6-8-27(43(47)18-22)29(41-17-24(16-37-41)20-4-2-1-3-5-20)15-23-14-25(23)32(44)40-12-10-21(11-13-40)33(45)46/h1-9,16-19,21,23,25,29H,10-15H2,(H,45,46)/t23-,25+,29?/m1/s1. The molecular weight excluding hydrogens is 627 g/mol. The zero-order valence-corrected chi connectivity index (χ0v) is 25.8. The monoisotopic (exact) mass is 656 g/mol. The van der Waals surface area contributed by atoms with Gasteiger partial charge in [0.15, 0.2) is 12.0 Å². The molecule has 1 N–H and O–H groups in total. The minimum Gasteiger partial charge on any atom is -0.618 e. The van der Waals surface area contributed by atoms with Crippen molar-refractivity contribution in [2.45, 2.75) is 31.7 Å². The summed E-state index contributed by atoms with van der Waals surface area (Å²) in [7, 11) is 0. The third-order valence-corrected chi connectivity index (χ3v) is 9.48. The van der Waals surface area contributed by atoms with E-state index in [-0.39, 0.29) is 33.9 Å². The highest BCUT2D eigenvalue weighted by molar-refractivity contribution is 6.31. The fourth-order valence-electron chi connectivity index (χ4n) is 6.51. The minimum absolute atomic E-state index is 0.00513. The first kappa shape index (κ1) is 30.5. The minimum atomic E-state index is -0.819. The Bertz CT molecular complexity index is 1930. The quantitative estimate of drug-likeness (QED) is 0.180. The molecule has 2 fully saturated rings. The topological polar surface area (TPSA) is 146 Å². The summed E-state index contributed by atoms with van der Waals surface area (Å²) in [4.78, 5) is 26.5. The molecule has 2 aromatic carbocycles. The Morgan fingerprint density at radius 3 is 2.55 bits per heavy atom. The first-order chi connectivity index (χ1) is 22.8. The Balaban J connectivity index is 1.19. The molecule has 0 bridgehead atoms. The summed E-state index contributed by atoms with van der Waals surface area (Å²) in [6.07, 6.45) is 8.29. The van der Waals surface area contributed by atoms with E-state index in [0.29, 0.717) is 54.9 Å². The van der Waals surface area contributed by atoms with E-state index in [1.807, 2.05) is 36.5 Å².